The van der Waals surface area contributed by atoms with Crippen molar-refractivity contribution in [2.75, 3.05) is 19.3 Å². The summed E-state index contributed by atoms with van der Waals surface area (Å²) in [5.74, 6) is 1.62. The second-order valence-electron chi connectivity index (χ2n) is 7.51. The molecule has 0 aromatic heterocycles. The first kappa shape index (κ1) is 19.7. The molecule has 0 heterocycles. The van der Waals surface area contributed by atoms with Crippen LogP contribution in [-0.2, 0) is 16.2 Å². The van der Waals surface area contributed by atoms with Gasteiger partial charge in [-0.15, -0.1) is 0 Å². The summed E-state index contributed by atoms with van der Waals surface area (Å²) >= 11 is 6.02. The second-order valence-corrected chi connectivity index (χ2v) is 9.95. The number of guanidine groups is 1. The van der Waals surface area contributed by atoms with E-state index >= 15 is 0 Å². The molecule has 2 aliphatic carbocycles. The predicted octanol–water partition coefficient (Wildman–Crippen LogP) is 3.62. The molecule has 6 heteroatoms. The van der Waals surface area contributed by atoms with Gasteiger partial charge < -0.3 is 10.6 Å². The van der Waals surface area contributed by atoms with Crippen molar-refractivity contribution < 1.29 is 4.21 Å². The van der Waals surface area contributed by atoms with Crippen LogP contribution in [0.5, 0.6) is 0 Å². The first-order valence-corrected chi connectivity index (χ1v) is 11.4. The van der Waals surface area contributed by atoms with Crippen molar-refractivity contribution in [1.82, 2.24) is 10.6 Å². The topological polar surface area (TPSA) is 53.5 Å². The lowest BCUT2D eigenvalue weighted by Gasteiger charge is -2.30. The van der Waals surface area contributed by atoms with Gasteiger partial charge in [-0.25, -0.2) is 0 Å². The first-order chi connectivity index (χ1) is 12.6. The number of nitrogens with one attached hydrogen (secondary N) is 2. The van der Waals surface area contributed by atoms with Gasteiger partial charge in [-0.05, 0) is 49.8 Å². The van der Waals surface area contributed by atoms with Gasteiger partial charge in [-0.1, -0.05) is 37.1 Å². The molecule has 4 nitrogen and oxygen atoms in total. The molecule has 0 bridgehead atoms. The van der Waals surface area contributed by atoms with Crippen LogP contribution in [-0.4, -0.2) is 40.8 Å². The molecule has 144 valence electrons. The van der Waals surface area contributed by atoms with Crippen molar-refractivity contribution in [3.05, 3.63) is 34.9 Å². The summed E-state index contributed by atoms with van der Waals surface area (Å²) in [5, 5.41) is 8.19. The van der Waals surface area contributed by atoms with Crippen molar-refractivity contribution >= 4 is 28.4 Å². The fraction of sp³-hybridized carbons (Fsp3) is 0.650. The Hall–Kier alpha value is -1.07. The van der Waals surface area contributed by atoms with Crippen LogP contribution in [0.2, 0.25) is 5.02 Å². The highest BCUT2D eigenvalue weighted by atomic mass is 35.5. The van der Waals surface area contributed by atoms with E-state index in [1.54, 1.807) is 0 Å². The number of rotatable bonds is 6. The van der Waals surface area contributed by atoms with Gasteiger partial charge in [0, 0.05) is 51.9 Å². The number of nitrogens with zero attached hydrogens (tertiary/aromatic N) is 1. The Bertz CT molecular complexity index is 658. The van der Waals surface area contributed by atoms with Crippen LogP contribution in [0.1, 0.15) is 51.0 Å². The van der Waals surface area contributed by atoms with Crippen LogP contribution in [0.15, 0.2) is 29.3 Å². The molecule has 3 rings (SSSR count). The Morgan fingerprint density at radius 2 is 2.04 bits per heavy atom. The first-order valence-electron chi connectivity index (χ1n) is 9.67. The molecule has 1 aromatic rings. The van der Waals surface area contributed by atoms with Crippen LogP contribution < -0.4 is 10.6 Å². The molecule has 0 spiro atoms. The molecular formula is C20H30ClN3OS. The molecule has 2 N–H and O–H groups in total. The summed E-state index contributed by atoms with van der Waals surface area (Å²) in [7, 11) is 1.12. The Morgan fingerprint density at radius 1 is 1.31 bits per heavy atom. The van der Waals surface area contributed by atoms with E-state index < -0.39 is 10.8 Å². The molecule has 0 aliphatic heterocycles. The Balaban J connectivity index is 1.54. The van der Waals surface area contributed by atoms with Gasteiger partial charge >= 0.3 is 0 Å². The smallest absolute Gasteiger partial charge is 0.191 e. The molecule has 3 atom stereocenters. The summed E-state index contributed by atoms with van der Waals surface area (Å²) in [6.07, 6.45) is 6.72. The molecule has 1 aromatic carbocycles. The highest BCUT2D eigenvalue weighted by Gasteiger charge is 2.44. The lowest BCUT2D eigenvalue weighted by atomic mass is 9.95. The van der Waals surface area contributed by atoms with E-state index in [-0.39, 0.29) is 5.41 Å². The van der Waals surface area contributed by atoms with Crippen molar-refractivity contribution in [3.8, 4) is 0 Å². The third-order valence-corrected chi connectivity index (χ3v) is 7.74. The highest BCUT2D eigenvalue weighted by Crippen LogP contribution is 2.47. The monoisotopic (exact) mass is 395 g/mol. The van der Waals surface area contributed by atoms with Crippen LogP contribution in [0.3, 0.4) is 0 Å². The average Bonchev–Trinajstić information content (AvgIpc) is 3.46. The molecule has 3 unspecified atom stereocenters. The summed E-state index contributed by atoms with van der Waals surface area (Å²) < 4.78 is 12.1. The Morgan fingerprint density at radius 3 is 2.65 bits per heavy atom. The maximum atomic E-state index is 12.1. The largest absolute Gasteiger partial charge is 0.356 e. The maximum absolute atomic E-state index is 12.1. The zero-order chi connectivity index (χ0) is 18.6. The third-order valence-electron chi connectivity index (χ3n) is 5.75. The van der Waals surface area contributed by atoms with Gasteiger partial charge in [-0.3, -0.25) is 9.20 Å². The number of hydrogen-bond acceptors (Lipinski definition) is 2. The normalized spacial score (nSPS) is 26.2. The van der Waals surface area contributed by atoms with Crippen LogP contribution >= 0.6 is 11.6 Å². The SMILES string of the molecule is CCS(=O)C1CCCC(NC(=NC)NCC2(c3ccc(Cl)cc3)CC2)C1. The van der Waals surface area contributed by atoms with Crippen molar-refractivity contribution in [2.45, 2.75) is 62.2 Å². The maximum Gasteiger partial charge on any atom is 0.191 e. The minimum Gasteiger partial charge on any atom is -0.356 e. The zero-order valence-corrected chi connectivity index (χ0v) is 17.3. The summed E-state index contributed by atoms with van der Waals surface area (Å²) in [6.45, 7) is 2.89. The lowest BCUT2D eigenvalue weighted by Crippen LogP contribution is -2.48. The minimum absolute atomic E-state index is 0.209. The van der Waals surface area contributed by atoms with Crippen LogP contribution in [0.25, 0.3) is 0 Å². The molecule has 2 saturated carbocycles. The van der Waals surface area contributed by atoms with E-state index in [4.69, 9.17) is 11.6 Å². The van der Waals surface area contributed by atoms with E-state index in [2.05, 4.69) is 27.8 Å². The molecular weight excluding hydrogens is 366 g/mol. The lowest BCUT2D eigenvalue weighted by molar-refractivity contribution is 0.413. The number of halogens is 1. The van der Waals surface area contributed by atoms with E-state index in [0.29, 0.717) is 11.3 Å². The highest BCUT2D eigenvalue weighted by molar-refractivity contribution is 7.85. The van der Waals surface area contributed by atoms with Crippen LogP contribution in [0, 0.1) is 0 Å². The molecule has 0 saturated heterocycles. The van der Waals surface area contributed by atoms with Crippen molar-refractivity contribution in [3.63, 3.8) is 0 Å². The number of hydrogen-bond donors (Lipinski definition) is 2. The van der Waals surface area contributed by atoms with Gasteiger partial charge in [-0.2, -0.15) is 0 Å². The molecule has 26 heavy (non-hydrogen) atoms. The molecule has 2 fully saturated rings. The van der Waals surface area contributed by atoms with E-state index in [1.165, 1.54) is 18.4 Å². The summed E-state index contributed by atoms with van der Waals surface area (Å²) in [6, 6.07) is 8.58. The third kappa shape index (κ3) is 4.80. The van der Waals surface area contributed by atoms with Crippen LogP contribution in [0.4, 0.5) is 0 Å². The fourth-order valence-corrected chi connectivity index (χ4v) is 5.39. The Labute approximate surface area is 164 Å². The molecule has 0 amide bonds. The van der Waals surface area contributed by atoms with Gasteiger partial charge in [0.25, 0.3) is 0 Å². The molecule has 0 radical (unpaired) electrons. The summed E-state index contributed by atoms with van der Waals surface area (Å²) in [4.78, 5) is 4.41. The quantitative estimate of drug-likeness (QED) is 0.571. The van der Waals surface area contributed by atoms with E-state index in [1.807, 2.05) is 26.1 Å². The van der Waals surface area contributed by atoms with Gasteiger partial charge in [0.1, 0.15) is 0 Å². The van der Waals surface area contributed by atoms with E-state index in [0.717, 1.165) is 49.0 Å². The summed E-state index contributed by atoms with van der Waals surface area (Å²) in [5.41, 5.74) is 1.56. The standard InChI is InChI=1S/C20H30ClN3OS/c1-3-26(25)18-6-4-5-17(13-18)24-19(22-2)23-14-20(11-12-20)15-7-9-16(21)10-8-15/h7-10,17-18H,3-6,11-14H2,1-2H3,(H2,22,23,24). The Kier molecular flexibility index (Phi) is 6.62. The second kappa shape index (κ2) is 8.75. The fourth-order valence-electron chi connectivity index (χ4n) is 3.91. The van der Waals surface area contributed by atoms with Crippen molar-refractivity contribution in [2.24, 2.45) is 4.99 Å². The van der Waals surface area contributed by atoms with E-state index in [9.17, 15) is 4.21 Å². The molecule has 2 aliphatic rings. The average molecular weight is 396 g/mol. The number of aliphatic imine (C=N–C) groups is 1. The van der Waals surface area contributed by atoms with Gasteiger partial charge in [0.15, 0.2) is 5.96 Å². The van der Waals surface area contributed by atoms with Gasteiger partial charge in [0.05, 0.1) is 0 Å². The minimum atomic E-state index is -0.697. The zero-order valence-electron chi connectivity index (χ0n) is 15.8. The predicted molar refractivity (Wildman–Crippen MR) is 112 cm³/mol. The number of benzene rings is 1. The van der Waals surface area contributed by atoms with Gasteiger partial charge in [0.2, 0.25) is 0 Å². The van der Waals surface area contributed by atoms with Crippen molar-refractivity contribution in [1.29, 1.82) is 0 Å².